The van der Waals surface area contributed by atoms with Gasteiger partial charge in [-0.15, -0.1) is 0 Å². The number of ether oxygens (including phenoxy) is 2. The highest BCUT2D eigenvalue weighted by molar-refractivity contribution is 7.99. The van der Waals surface area contributed by atoms with Gasteiger partial charge in [-0.2, -0.15) is 0 Å². The highest BCUT2D eigenvalue weighted by Gasteiger charge is 2.34. The third-order valence-electron chi connectivity index (χ3n) is 5.89. The number of nitrogens with one attached hydrogen (secondary N) is 1. The number of amides is 1. The molecule has 0 aromatic carbocycles. The number of aryl methyl sites for hydroxylation is 1. The first-order valence-corrected chi connectivity index (χ1v) is 13.4. The van der Waals surface area contributed by atoms with Crippen LogP contribution in [-0.2, 0) is 9.47 Å². The number of hydrogen-bond acceptors (Lipinski definition) is 10. The number of anilines is 2. The van der Waals surface area contributed by atoms with Crippen molar-refractivity contribution in [3.63, 3.8) is 0 Å². The standard InChI is InChI=1S/C25H35ClN6O4S/c1-7-35-22(33)18-20(30-15(2)21(31-18)37-16-8-11-28-19(27)17(16)26)32-12-9-25(6,10-13-32)14-29-23(34)36-24(3,4)5/h8,11H,7,9-10,12-14H2,1-6H3,(H2,27,28)(H,29,34). The van der Waals surface area contributed by atoms with Crippen LogP contribution in [0.1, 0.15) is 63.6 Å². The third kappa shape index (κ3) is 7.61. The van der Waals surface area contributed by atoms with Crippen molar-refractivity contribution in [3.8, 4) is 0 Å². The molecule has 0 atom stereocenters. The molecule has 1 amide bonds. The molecule has 0 aliphatic carbocycles. The van der Waals surface area contributed by atoms with Crippen molar-refractivity contribution in [1.29, 1.82) is 0 Å². The molecule has 0 saturated carbocycles. The van der Waals surface area contributed by atoms with Crippen LogP contribution in [0.4, 0.5) is 16.4 Å². The summed E-state index contributed by atoms with van der Waals surface area (Å²) in [5, 5.41) is 3.75. The summed E-state index contributed by atoms with van der Waals surface area (Å²) in [6.45, 7) is 13.2. The van der Waals surface area contributed by atoms with Gasteiger partial charge in [0, 0.05) is 30.7 Å². The van der Waals surface area contributed by atoms with E-state index in [1.807, 2.05) is 32.6 Å². The van der Waals surface area contributed by atoms with Gasteiger partial charge in [0.1, 0.15) is 16.4 Å². The highest BCUT2D eigenvalue weighted by atomic mass is 35.5. The quantitative estimate of drug-likeness (QED) is 0.460. The average Bonchev–Trinajstić information content (AvgIpc) is 2.81. The van der Waals surface area contributed by atoms with E-state index in [-0.39, 0.29) is 23.5 Å². The lowest BCUT2D eigenvalue weighted by Gasteiger charge is -2.40. The molecule has 2 aromatic rings. The van der Waals surface area contributed by atoms with Crippen molar-refractivity contribution < 1.29 is 19.1 Å². The lowest BCUT2D eigenvalue weighted by Crippen LogP contribution is -2.46. The Hall–Kier alpha value is -2.79. The van der Waals surface area contributed by atoms with E-state index >= 15 is 0 Å². The van der Waals surface area contributed by atoms with Crippen LogP contribution in [0.3, 0.4) is 0 Å². The first-order valence-electron chi connectivity index (χ1n) is 12.2. The van der Waals surface area contributed by atoms with E-state index in [0.717, 1.165) is 12.8 Å². The molecule has 2 aromatic heterocycles. The molecular formula is C25H35ClN6O4S. The molecule has 1 saturated heterocycles. The molecule has 3 heterocycles. The van der Waals surface area contributed by atoms with Crippen molar-refractivity contribution in [2.24, 2.45) is 5.41 Å². The predicted octanol–water partition coefficient (Wildman–Crippen LogP) is 4.87. The van der Waals surface area contributed by atoms with Crippen molar-refractivity contribution in [1.82, 2.24) is 20.3 Å². The van der Waals surface area contributed by atoms with Gasteiger partial charge in [-0.1, -0.05) is 30.3 Å². The Morgan fingerprint density at radius 3 is 2.57 bits per heavy atom. The van der Waals surface area contributed by atoms with Gasteiger partial charge in [0.15, 0.2) is 11.5 Å². The average molecular weight is 551 g/mol. The van der Waals surface area contributed by atoms with Crippen LogP contribution >= 0.6 is 23.4 Å². The number of carbonyl (C=O) groups is 2. The molecule has 10 nitrogen and oxygen atoms in total. The lowest BCUT2D eigenvalue weighted by molar-refractivity contribution is 0.0489. The van der Waals surface area contributed by atoms with Gasteiger partial charge in [0.2, 0.25) is 0 Å². The molecule has 1 aliphatic heterocycles. The molecule has 202 valence electrons. The number of nitrogen functional groups attached to an aromatic ring is 1. The van der Waals surface area contributed by atoms with E-state index < -0.39 is 17.7 Å². The number of rotatable bonds is 7. The zero-order valence-electron chi connectivity index (χ0n) is 22.2. The summed E-state index contributed by atoms with van der Waals surface area (Å²) in [6, 6.07) is 1.74. The highest BCUT2D eigenvalue weighted by Crippen LogP contribution is 2.38. The SMILES string of the molecule is CCOC(=O)c1nc(Sc2ccnc(N)c2Cl)c(C)nc1N1CCC(C)(CNC(=O)OC(C)(C)C)CC1. The summed E-state index contributed by atoms with van der Waals surface area (Å²) in [5.74, 6) is 0.173. The van der Waals surface area contributed by atoms with Crippen LogP contribution in [0, 0.1) is 12.3 Å². The first-order chi connectivity index (χ1) is 17.3. The second-order valence-corrected chi connectivity index (χ2v) is 11.7. The van der Waals surface area contributed by atoms with Crippen LogP contribution in [0.15, 0.2) is 22.2 Å². The van der Waals surface area contributed by atoms with Crippen molar-refractivity contribution in [2.45, 2.75) is 69.9 Å². The van der Waals surface area contributed by atoms with Gasteiger partial charge in [0.25, 0.3) is 0 Å². The number of hydrogen-bond donors (Lipinski definition) is 2. The lowest BCUT2D eigenvalue weighted by atomic mass is 9.80. The molecule has 1 fully saturated rings. The maximum Gasteiger partial charge on any atom is 0.407 e. The fourth-order valence-corrected chi connectivity index (χ4v) is 4.89. The number of nitrogens with two attached hydrogens (primary N) is 1. The van der Waals surface area contributed by atoms with Gasteiger partial charge in [-0.25, -0.2) is 24.5 Å². The Labute approximate surface area is 227 Å². The minimum absolute atomic E-state index is 0.117. The van der Waals surface area contributed by atoms with E-state index in [0.29, 0.717) is 46.1 Å². The van der Waals surface area contributed by atoms with E-state index in [1.54, 1.807) is 19.2 Å². The predicted molar refractivity (Wildman–Crippen MR) is 144 cm³/mol. The summed E-state index contributed by atoms with van der Waals surface area (Å²) in [4.78, 5) is 41.1. The number of carbonyl (C=O) groups excluding carboxylic acids is 2. The zero-order chi connectivity index (χ0) is 27.4. The Morgan fingerprint density at radius 1 is 1.27 bits per heavy atom. The van der Waals surface area contributed by atoms with Gasteiger partial charge in [-0.05, 0) is 58.9 Å². The normalized spacial score (nSPS) is 15.3. The number of halogens is 1. The topological polar surface area (TPSA) is 133 Å². The van der Waals surface area contributed by atoms with E-state index in [2.05, 4.69) is 22.2 Å². The van der Waals surface area contributed by atoms with Crippen LogP contribution in [-0.4, -0.2) is 58.9 Å². The number of esters is 1. The maximum absolute atomic E-state index is 12.9. The third-order valence-corrected chi connectivity index (χ3v) is 7.54. The second kappa shape index (κ2) is 11.7. The van der Waals surface area contributed by atoms with Crippen molar-refractivity contribution in [3.05, 3.63) is 28.7 Å². The van der Waals surface area contributed by atoms with Crippen LogP contribution in [0.5, 0.6) is 0 Å². The number of alkyl carbamates (subject to hydrolysis) is 1. The molecule has 0 spiro atoms. The minimum Gasteiger partial charge on any atom is -0.461 e. The van der Waals surface area contributed by atoms with E-state index in [1.165, 1.54) is 11.8 Å². The van der Waals surface area contributed by atoms with Crippen molar-refractivity contribution >= 4 is 47.1 Å². The summed E-state index contributed by atoms with van der Waals surface area (Å²) < 4.78 is 10.7. The largest absolute Gasteiger partial charge is 0.461 e. The summed E-state index contributed by atoms with van der Waals surface area (Å²) >= 11 is 7.58. The van der Waals surface area contributed by atoms with Crippen LogP contribution < -0.4 is 16.0 Å². The maximum atomic E-state index is 12.9. The van der Waals surface area contributed by atoms with Gasteiger partial charge >= 0.3 is 12.1 Å². The smallest absolute Gasteiger partial charge is 0.407 e. The first kappa shape index (κ1) is 28.8. The Morgan fingerprint density at radius 2 is 1.95 bits per heavy atom. The zero-order valence-corrected chi connectivity index (χ0v) is 23.8. The number of nitrogens with zero attached hydrogens (tertiary/aromatic N) is 4. The van der Waals surface area contributed by atoms with Crippen LogP contribution in [0.25, 0.3) is 0 Å². The fraction of sp³-hybridized carbons (Fsp3) is 0.560. The molecule has 0 radical (unpaired) electrons. The monoisotopic (exact) mass is 550 g/mol. The van der Waals surface area contributed by atoms with Crippen LogP contribution in [0.2, 0.25) is 5.02 Å². The van der Waals surface area contributed by atoms with E-state index in [9.17, 15) is 9.59 Å². The Balaban J connectivity index is 1.79. The minimum atomic E-state index is -0.547. The molecule has 3 rings (SSSR count). The summed E-state index contributed by atoms with van der Waals surface area (Å²) in [5.41, 5.74) is 5.98. The fourth-order valence-electron chi connectivity index (χ4n) is 3.80. The summed E-state index contributed by atoms with van der Waals surface area (Å²) in [7, 11) is 0. The number of pyridine rings is 1. The Kier molecular flexibility index (Phi) is 9.12. The van der Waals surface area contributed by atoms with Gasteiger partial charge < -0.3 is 25.4 Å². The summed E-state index contributed by atoms with van der Waals surface area (Å²) in [6.07, 6.45) is 2.71. The molecule has 0 unspecified atom stereocenters. The Bertz CT molecular complexity index is 1150. The van der Waals surface area contributed by atoms with Gasteiger partial charge in [0.05, 0.1) is 17.3 Å². The molecule has 12 heteroatoms. The number of aromatic nitrogens is 3. The number of piperidine rings is 1. The van der Waals surface area contributed by atoms with Crippen molar-refractivity contribution in [2.75, 3.05) is 36.9 Å². The molecule has 0 bridgehead atoms. The molecule has 1 aliphatic rings. The van der Waals surface area contributed by atoms with E-state index in [4.69, 9.17) is 31.8 Å². The molecule has 3 N–H and O–H groups in total. The second-order valence-electron chi connectivity index (χ2n) is 10.3. The van der Waals surface area contributed by atoms with Gasteiger partial charge in [-0.3, -0.25) is 0 Å². The molecule has 37 heavy (non-hydrogen) atoms. The molecular weight excluding hydrogens is 516 g/mol.